The van der Waals surface area contributed by atoms with Gasteiger partial charge in [0.1, 0.15) is 0 Å². The van der Waals surface area contributed by atoms with Crippen molar-refractivity contribution in [1.29, 1.82) is 0 Å². The lowest BCUT2D eigenvalue weighted by Gasteiger charge is -2.07. The minimum Gasteiger partial charge on any atom is -0.259 e. The second-order valence-corrected chi connectivity index (χ2v) is 4.74. The van der Waals surface area contributed by atoms with Crippen LogP contribution in [-0.2, 0) is 22.7 Å². The van der Waals surface area contributed by atoms with Gasteiger partial charge in [0.2, 0.25) is 0 Å². The van der Waals surface area contributed by atoms with Gasteiger partial charge in [-0.25, -0.2) is 0 Å². The fraction of sp³-hybridized carbons (Fsp3) is 0.273. The molecule has 1 unspecified atom stereocenters. The van der Waals surface area contributed by atoms with Gasteiger partial charge in [-0.3, -0.25) is 4.21 Å². The monoisotopic (exact) mass is 248 g/mol. The lowest BCUT2D eigenvalue weighted by Crippen LogP contribution is -2.05. The van der Waals surface area contributed by atoms with Crippen molar-refractivity contribution in [2.75, 3.05) is 5.75 Å². The Labute approximate surface area is 94.4 Å². The molecule has 0 bridgehead atoms. The SMILES string of the molecule is C=CCS(=O)Cc1ccc(C(F)(F)F)cc1. The number of halogens is 3. The van der Waals surface area contributed by atoms with Crippen LogP contribution in [0, 0.1) is 0 Å². The highest BCUT2D eigenvalue weighted by Crippen LogP contribution is 2.29. The molecule has 1 atom stereocenters. The molecule has 16 heavy (non-hydrogen) atoms. The predicted octanol–water partition coefficient (Wildman–Crippen LogP) is 3.14. The molecule has 0 N–H and O–H groups in total. The molecule has 0 amide bonds. The molecule has 0 aliphatic heterocycles. The molecule has 0 fully saturated rings. The van der Waals surface area contributed by atoms with Gasteiger partial charge in [-0.1, -0.05) is 18.2 Å². The molecular formula is C11H11F3OS. The third kappa shape index (κ3) is 3.81. The van der Waals surface area contributed by atoms with E-state index in [9.17, 15) is 17.4 Å². The Hall–Kier alpha value is -1.10. The van der Waals surface area contributed by atoms with E-state index in [0.717, 1.165) is 12.1 Å². The Bertz CT molecular complexity index is 381. The lowest BCUT2D eigenvalue weighted by molar-refractivity contribution is -0.137. The van der Waals surface area contributed by atoms with E-state index in [1.807, 2.05) is 0 Å². The molecule has 0 spiro atoms. The van der Waals surface area contributed by atoms with Crippen molar-refractivity contribution >= 4 is 10.8 Å². The number of alkyl halides is 3. The largest absolute Gasteiger partial charge is 0.416 e. The highest BCUT2D eigenvalue weighted by Gasteiger charge is 2.29. The van der Waals surface area contributed by atoms with Gasteiger partial charge < -0.3 is 0 Å². The minimum atomic E-state index is -4.32. The number of hydrogen-bond donors (Lipinski definition) is 0. The normalized spacial score (nSPS) is 13.4. The quantitative estimate of drug-likeness (QED) is 0.748. The number of benzene rings is 1. The van der Waals surface area contributed by atoms with Gasteiger partial charge in [-0.2, -0.15) is 13.2 Å². The molecule has 1 nitrogen and oxygen atoms in total. The van der Waals surface area contributed by atoms with Crippen LogP contribution in [0.1, 0.15) is 11.1 Å². The Balaban J connectivity index is 2.72. The summed E-state index contributed by atoms with van der Waals surface area (Å²) in [4.78, 5) is 0. The van der Waals surface area contributed by atoms with Gasteiger partial charge in [-0.15, -0.1) is 6.58 Å². The summed E-state index contributed by atoms with van der Waals surface area (Å²) in [5.41, 5.74) is -0.0565. The highest BCUT2D eigenvalue weighted by molar-refractivity contribution is 7.84. The molecule has 5 heteroatoms. The molecule has 0 aromatic heterocycles. The smallest absolute Gasteiger partial charge is 0.259 e. The van der Waals surface area contributed by atoms with Crippen LogP contribution in [-0.4, -0.2) is 9.96 Å². The minimum absolute atomic E-state index is 0.254. The van der Waals surface area contributed by atoms with Crippen molar-refractivity contribution in [3.05, 3.63) is 48.0 Å². The third-order valence-corrected chi connectivity index (χ3v) is 3.18. The molecule has 1 aromatic carbocycles. The zero-order valence-corrected chi connectivity index (χ0v) is 9.27. The van der Waals surface area contributed by atoms with E-state index in [-0.39, 0.29) is 5.75 Å². The Morgan fingerprint density at radius 1 is 1.25 bits per heavy atom. The average Bonchev–Trinajstić information content (AvgIpc) is 2.17. The third-order valence-electron chi connectivity index (χ3n) is 1.91. The van der Waals surface area contributed by atoms with Crippen LogP contribution in [0.25, 0.3) is 0 Å². The lowest BCUT2D eigenvalue weighted by atomic mass is 10.1. The van der Waals surface area contributed by atoms with E-state index >= 15 is 0 Å². The van der Waals surface area contributed by atoms with Gasteiger partial charge in [-0.05, 0) is 17.7 Å². The van der Waals surface area contributed by atoms with Crippen molar-refractivity contribution in [1.82, 2.24) is 0 Å². The van der Waals surface area contributed by atoms with Gasteiger partial charge in [0, 0.05) is 22.3 Å². The summed E-state index contributed by atoms with van der Waals surface area (Å²) in [5.74, 6) is 0.602. The topological polar surface area (TPSA) is 17.1 Å². The fourth-order valence-electron chi connectivity index (χ4n) is 1.17. The second kappa shape index (κ2) is 5.30. The first-order valence-corrected chi connectivity index (χ1v) is 6.04. The fourth-order valence-corrected chi connectivity index (χ4v) is 2.11. The molecule has 0 saturated heterocycles. The molecular weight excluding hydrogens is 237 g/mol. The van der Waals surface area contributed by atoms with Crippen LogP contribution in [0.3, 0.4) is 0 Å². The molecule has 0 saturated carbocycles. The maximum atomic E-state index is 12.2. The summed E-state index contributed by atoms with van der Waals surface area (Å²) in [6, 6.07) is 4.70. The van der Waals surface area contributed by atoms with E-state index in [4.69, 9.17) is 0 Å². The summed E-state index contributed by atoms with van der Waals surface area (Å²) >= 11 is 0. The summed E-state index contributed by atoms with van der Waals surface area (Å²) in [6.07, 6.45) is -2.79. The standard InChI is InChI=1S/C11H11F3OS/c1-2-7-16(15)8-9-3-5-10(6-4-9)11(12,13)14/h2-6H,1,7-8H2. The molecule has 88 valence electrons. The maximum Gasteiger partial charge on any atom is 0.416 e. The Morgan fingerprint density at radius 3 is 2.25 bits per heavy atom. The van der Waals surface area contributed by atoms with Crippen LogP contribution >= 0.6 is 0 Å². The van der Waals surface area contributed by atoms with Gasteiger partial charge in [0.05, 0.1) is 5.56 Å². The summed E-state index contributed by atoms with van der Waals surface area (Å²) in [5, 5.41) is 0. The number of rotatable bonds is 4. The molecule has 0 aliphatic rings. The highest BCUT2D eigenvalue weighted by atomic mass is 32.2. The zero-order valence-electron chi connectivity index (χ0n) is 8.46. The van der Waals surface area contributed by atoms with Gasteiger partial charge in [0.25, 0.3) is 0 Å². The number of hydrogen-bond acceptors (Lipinski definition) is 1. The average molecular weight is 248 g/mol. The van der Waals surface area contributed by atoms with Crippen LogP contribution in [0.4, 0.5) is 13.2 Å². The summed E-state index contributed by atoms with van der Waals surface area (Å²) in [6.45, 7) is 3.45. The van der Waals surface area contributed by atoms with Crippen molar-refractivity contribution in [2.24, 2.45) is 0 Å². The first-order valence-electron chi connectivity index (χ1n) is 4.55. The van der Waals surface area contributed by atoms with Crippen LogP contribution < -0.4 is 0 Å². The maximum absolute atomic E-state index is 12.2. The predicted molar refractivity (Wildman–Crippen MR) is 58.4 cm³/mol. The van der Waals surface area contributed by atoms with Crippen LogP contribution in [0.2, 0.25) is 0 Å². The van der Waals surface area contributed by atoms with E-state index in [1.165, 1.54) is 18.2 Å². The van der Waals surface area contributed by atoms with Gasteiger partial charge >= 0.3 is 6.18 Å². The first kappa shape index (κ1) is 13.0. The Kier molecular flexibility index (Phi) is 4.29. The molecule has 0 radical (unpaired) electrons. The molecule has 1 aromatic rings. The van der Waals surface area contributed by atoms with Crippen molar-refractivity contribution in [3.8, 4) is 0 Å². The zero-order chi connectivity index (χ0) is 12.2. The van der Waals surface area contributed by atoms with E-state index < -0.39 is 22.5 Å². The van der Waals surface area contributed by atoms with E-state index in [2.05, 4.69) is 6.58 Å². The molecule has 0 heterocycles. The summed E-state index contributed by atoms with van der Waals surface area (Å²) < 4.78 is 48.0. The van der Waals surface area contributed by atoms with E-state index in [1.54, 1.807) is 0 Å². The molecule has 0 aliphatic carbocycles. The van der Waals surface area contributed by atoms with Crippen LogP contribution in [0.15, 0.2) is 36.9 Å². The van der Waals surface area contributed by atoms with Gasteiger partial charge in [0.15, 0.2) is 0 Å². The van der Waals surface area contributed by atoms with Crippen molar-refractivity contribution in [3.63, 3.8) is 0 Å². The molecule has 1 rings (SSSR count). The van der Waals surface area contributed by atoms with Crippen molar-refractivity contribution < 1.29 is 17.4 Å². The van der Waals surface area contributed by atoms with Crippen LogP contribution in [0.5, 0.6) is 0 Å². The van der Waals surface area contributed by atoms with E-state index in [0.29, 0.717) is 11.3 Å². The first-order chi connectivity index (χ1) is 7.43. The summed E-state index contributed by atoms with van der Waals surface area (Å²) in [7, 11) is -1.10. The second-order valence-electron chi connectivity index (χ2n) is 3.23. The van der Waals surface area contributed by atoms with Crippen molar-refractivity contribution in [2.45, 2.75) is 11.9 Å². The Morgan fingerprint density at radius 2 is 1.81 bits per heavy atom.